The van der Waals surface area contributed by atoms with E-state index in [4.69, 9.17) is 9.47 Å². The van der Waals surface area contributed by atoms with Crippen molar-refractivity contribution in [1.29, 1.82) is 0 Å². The second-order valence-electron chi connectivity index (χ2n) is 12.7. The van der Waals surface area contributed by atoms with Crippen molar-refractivity contribution in [2.24, 2.45) is 0 Å². The van der Waals surface area contributed by atoms with Gasteiger partial charge in [-0.05, 0) is 140 Å². The van der Waals surface area contributed by atoms with Gasteiger partial charge in [-0.2, -0.15) is 0 Å². The zero-order chi connectivity index (χ0) is 31.3. The molecule has 0 bridgehead atoms. The predicted molar refractivity (Wildman–Crippen MR) is 160 cm³/mol. The molecule has 8 heteroatoms. The van der Waals surface area contributed by atoms with Crippen molar-refractivity contribution < 1.29 is 39.5 Å². The van der Waals surface area contributed by atoms with Gasteiger partial charge < -0.3 is 29.9 Å². The number of phenolic OH excluding ortho intramolecular Hbond substituents is 2. The lowest BCUT2D eigenvalue weighted by atomic mass is 9.82. The maximum absolute atomic E-state index is 12.4. The summed E-state index contributed by atoms with van der Waals surface area (Å²) in [7, 11) is 0. The fourth-order valence-corrected chi connectivity index (χ4v) is 6.49. The smallest absolute Gasteiger partial charge is 0.332 e. The van der Waals surface area contributed by atoms with E-state index in [1.165, 1.54) is 0 Å². The molecule has 2 aromatic rings. The topological polar surface area (TPSA) is 134 Å². The normalized spacial score (nSPS) is 21.9. The Morgan fingerprint density at radius 2 is 0.952 bits per heavy atom. The lowest BCUT2D eigenvalue weighted by molar-refractivity contribution is -0.136. The number of aromatic hydroxyl groups is 2. The molecular formula is C34H44O8. The monoisotopic (exact) mass is 580 g/mol. The van der Waals surface area contributed by atoms with Crippen LogP contribution >= 0.6 is 0 Å². The van der Waals surface area contributed by atoms with Crippen molar-refractivity contribution in [2.45, 2.75) is 118 Å². The van der Waals surface area contributed by atoms with Crippen molar-refractivity contribution in [3.05, 3.63) is 55.7 Å². The van der Waals surface area contributed by atoms with E-state index in [9.17, 15) is 30.0 Å². The minimum absolute atomic E-state index is 0.0507. The Labute approximate surface area is 248 Å². The van der Waals surface area contributed by atoms with Crippen molar-refractivity contribution in [2.75, 3.05) is 0 Å². The molecule has 8 nitrogen and oxygen atoms in total. The van der Waals surface area contributed by atoms with Crippen molar-refractivity contribution in [3.63, 3.8) is 0 Å². The summed E-state index contributed by atoms with van der Waals surface area (Å²) in [5, 5.41) is 41.2. The van der Waals surface area contributed by atoms with Crippen LogP contribution in [0.1, 0.15) is 96.9 Å². The highest BCUT2D eigenvalue weighted by Crippen LogP contribution is 2.46. The van der Waals surface area contributed by atoms with Crippen molar-refractivity contribution in [3.8, 4) is 23.0 Å². The van der Waals surface area contributed by atoms with Crippen molar-refractivity contribution in [1.82, 2.24) is 0 Å². The van der Waals surface area contributed by atoms with E-state index in [0.717, 1.165) is 56.0 Å². The molecule has 2 aromatic carbocycles. The van der Waals surface area contributed by atoms with Gasteiger partial charge >= 0.3 is 11.9 Å². The number of hydrogen-bond donors (Lipinski definition) is 4. The Balaban J connectivity index is 1.55. The van der Waals surface area contributed by atoms with Crippen LogP contribution in [0, 0.1) is 41.5 Å². The van der Waals surface area contributed by atoms with Crippen LogP contribution in [0.15, 0.2) is 11.1 Å². The third kappa shape index (κ3) is 5.55. The summed E-state index contributed by atoms with van der Waals surface area (Å²) in [6, 6.07) is 0. The van der Waals surface area contributed by atoms with E-state index >= 15 is 0 Å². The fraction of sp³-hybridized carbons (Fsp3) is 0.529. The van der Waals surface area contributed by atoms with E-state index in [1.807, 2.05) is 55.4 Å². The fourth-order valence-electron chi connectivity index (χ4n) is 6.49. The van der Waals surface area contributed by atoms with Gasteiger partial charge in [0.2, 0.25) is 0 Å². The Morgan fingerprint density at radius 1 is 0.619 bits per heavy atom. The molecule has 0 amide bonds. The summed E-state index contributed by atoms with van der Waals surface area (Å²) in [5.41, 5.74) is 5.17. The predicted octanol–water partition coefficient (Wildman–Crippen LogP) is 6.84. The Morgan fingerprint density at radius 3 is 1.26 bits per heavy atom. The van der Waals surface area contributed by atoms with Gasteiger partial charge in [-0.1, -0.05) is 0 Å². The minimum Gasteiger partial charge on any atom is -0.507 e. The first-order valence-electron chi connectivity index (χ1n) is 14.7. The summed E-state index contributed by atoms with van der Waals surface area (Å²) in [5.74, 6) is -0.466. The molecule has 2 aliphatic heterocycles. The van der Waals surface area contributed by atoms with Gasteiger partial charge in [-0.3, -0.25) is 0 Å². The quantitative estimate of drug-likeness (QED) is 0.249. The standard InChI is InChI=1S/C34H44O8/c1-17-19(3)29-23(21(5)27(17)35)9-13-33(7,41-29)15-11-25(31(37)38)26(32(39)40)12-16-34(8)14-10-24-22(6)28(36)18(2)20(4)30(24)42-34/h35-36H,9-16H2,1-8H3,(H,37,38)(H,39,40). The summed E-state index contributed by atoms with van der Waals surface area (Å²) in [4.78, 5) is 24.8. The number of phenols is 2. The van der Waals surface area contributed by atoms with Gasteiger partial charge in [0.1, 0.15) is 34.2 Å². The average molecular weight is 581 g/mol. The lowest BCUT2D eigenvalue weighted by Gasteiger charge is -2.38. The van der Waals surface area contributed by atoms with Gasteiger partial charge in [-0.25, -0.2) is 9.59 Å². The summed E-state index contributed by atoms with van der Waals surface area (Å²) < 4.78 is 12.9. The van der Waals surface area contributed by atoms with E-state index in [1.54, 1.807) is 0 Å². The molecule has 0 saturated heterocycles. The number of ether oxygens (including phenoxy) is 2. The lowest BCUT2D eigenvalue weighted by Crippen LogP contribution is -2.38. The van der Waals surface area contributed by atoms with E-state index in [0.29, 0.717) is 38.5 Å². The van der Waals surface area contributed by atoms with Crippen LogP contribution in [0.25, 0.3) is 0 Å². The molecule has 4 rings (SSSR count). The Bertz CT molecular complexity index is 1390. The Kier molecular flexibility index (Phi) is 8.33. The molecule has 2 unspecified atom stereocenters. The number of benzene rings is 2. The molecule has 0 fully saturated rings. The molecule has 0 aliphatic carbocycles. The number of rotatable bonds is 8. The molecule has 0 aromatic heterocycles. The minimum atomic E-state index is -1.24. The van der Waals surface area contributed by atoms with Crippen LogP contribution in [-0.2, 0) is 22.4 Å². The summed E-state index contributed by atoms with van der Waals surface area (Å²) >= 11 is 0. The van der Waals surface area contributed by atoms with Crippen LogP contribution in [0.3, 0.4) is 0 Å². The third-order valence-electron chi connectivity index (χ3n) is 9.87. The zero-order valence-electron chi connectivity index (χ0n) is 26.1. The first-order valence-corrected chi connectivity index (χ1v) is 14.7. The molecule has 0 spiro atoms. The second-order valence-corrected chi connectivity index (χ2v) is 12.7. The number of carboxylic acid groups (broad SMARTS) is 2. The highest BCUT2D eigenvalue weighted by Gasteiger charge is 2.38. The maximum Gasteiger partial charge on any atom is 0.332 e. The number of aliphatic carboxylic acids is 2. The van der Waals surface area contributed by atoms with Crippen molar-refractivity contribution >= 4 is 11.9 Å². The molecule has 0 radical (unpaired) electrons. The molecule has 228 valence electrons. The Hall–Kier alpha value is -3.68. The summed E-state index contributed by atoms with van der Waals surface area (Å²) in [6.07, 6.45) is 3.38. The number of fused-ring (bicyclic) bond motifs is 2. The van der Waals surface area contributed by atoms with Gasteiger partial charge in [0.25, 0.3) is 0 Å². The first-order chi connectivity index (χ1) is 19.5. The van der Waals surface area contributed by atoms with Gasteiger partial charge in [0.05, 0.1) is 0 Å². The third-order valence-corrected chi connectivity index (χ3v) is 9.87. The highest BCUT2D eigenvalue weighted by molar-refractivity contribution is 5.98. The van der Waals surface area contributed by atoms with Gasteiger partial charge in [0.15, 0.2) is 0 Å². The highest BCUT2D eigenvalue weighted by atomic mass is 16.5. The average Bonchev–Trinajstić information content (AvgIpc) is 2.93. The molecule has 2 heterocycles. The van der Waals surface area contributed by atoms with Crippen LogP contribution < -0.4 is 9.47 Å². The SMILES string of the molecule is Cc1c(C)c2c(c(C)c1O)CCC(C)(CCC(C(=O)O)=C(CCC1(C)CCc3c(C)c(O)c(C)c(C)c3O1)C(=O)O)O2. The molecule has 4 N–H and O–H groups in total. The second kappa shape index (κ2) is 11.2. The molecular weight excluding hydrogens is 536 g/mol. The number of carboxylic acids is 2. The molecule has 42 heavy (non-hydrogen) atoms. The van der Waals surface area contributed by atoms with Crippen LogP contribution in [0.4, 0.5) is 0 Å². The van der Waals surface area contributed by atoms with E-state index in [-0.39, 0.29) is 35.5 Å². The number of hydrogen-bond acceptors (Lipinski definition) is 6. The first kappa shape index (κ1) is 31.3. The largest absolute Gasteiger partial charge is 0.507 e. The van der Waals surface area contributed by atoms with Gasteiger partial charge in [-0.15, -0.1) is 0 Å². The van der Waals surface area contributed by atoms with Crippen LogP contribution in [0.2, 0.25) is 0 Å². The number of carbonyl (C=O) groups is 2. The zero-order valence-corrected chi connectivity index (χ0v) is 26.1. The van der Waals surface area contributed by atoms with E-state index in [2.05, 4.69) is 0 Å². The van der Waals surface area contributed by atoms with Crippen LogP contribution in [-0.4, -0.2) is 43.6 Å². The summed E-state index contributed by atoms with van der Waals surface area (Å²) in [6.45, 7) is 15.1. The molecule has 0 saturated carbocycles. The van der Waals surface area contributed by atoms with E-state index < -0.39 is 23.1 Å². The molecule has 2 atom stereocenters. The van der Waals surface area contributed by atoms with Crippen LogP contribution in [0.5, 0.6) is 23.0 Å². The molecule has 2 aliphatic rings. The van der Waals surface area contributed by atoms with Gasteiger partial charge in [0, 0.05) is 22.3 Å². The maximum atomic E-state index is 12.4.